The third-order valence-electron chi connectivity index (χ3n) is 4.41. The molecule has 0 saturated carbocycles. The van der Waals surface area contributed by atoms with Crippen molar-refractivity contribution in [2.75, 3.05) is 7.11 Å². The van der Waals surface area contributed by atoms with Crippen LogP contribution in [-0.4, -0.2) is 12.9 Å². The molecule has 0 amide bonds. The number of ether oxygens (including phenoxy) is 1. The third-order valence-corrected chi connectivity index (χ3v) is 4.70. The van der Waals surface area contributed by atoms with E-state index < -0.39 is 0 Å². The number of nitrogens with one attached hydrogen (secondary N) is 1. The summed E-state index contributed by atoms with van der Waals surface area (Å²) in [5.74, 6) is 0.330. The lowest BCUT2D eigenvalue weighted by molar-refractivity contribution is -0.116. The number of rotatable bonds is 2. The van der Waals surface area contributed by atoms with E-state index in [1.165, 1.54) is 0 Å². The minimum Gasteiger partial charge on any atom is -0.495 e. The lowest BCUT2D eigenvalue weighted by atomic mass is 9.75. The van der Waals surface area contributed by atoms with Gasteiger partial charge in [-0.2, -0.15) is 5.26 Å². The molecule has 4 nitrogen and oxygen atoms in total. The Labute approximate surface area is 140 Å². The smallest absolute Gasteiger partial charge is 0.161 e. The van der Waals surface area contributed by atoms with Crippen molar-refractivity contribution in [1.82, 2.24) is 5.32 Å². The number of hydrogen-bond donors (Lipinski definition) is 1. The van der Waals surface area contributed by atoms with Gasteiger partial charge in [0.15, 0.2) is 5.78 Å². The lowest BCUT2D eigenvalue weighted by Gasteiger charge is -2.32. The zero-order valence-electron chi connectivity index (χ0n) is 13.1. The Bertz CT molecular complexity index is 787. The molecule has 1 aromatic rings. The van der Waals surface area contributed by atoms with Gasteiger partial charge in [-0.05, 0) is 37.5 Å². The number of carbonyl (C=O) groups is 1. The monoisotopic (exact) mass is 328 g/mol. The predicted molar refractivity (Wildman–Crippen MR) is 88.1 cm³/mol. The molecular weight excluding hydrogens is 312 g/mol. The third kappa shape index (κ3) is 2.62. The van der Waals surface area contributed by atoms with Gasteiger partial charge in [-0.15, -0.1) is 0 Å². The molecule has 0 bridgehead atoms. The molecule has 0 radical (unpaired) electrons. The first-order valence-electron chi connectivity index (χ1n) is 7.54. The quantitative estimate of drug-likeness (QED) is 0.896. The van der Waals surface area contributed by atoms with Gasteiger partial charge in [0, 0.05) is 23.4 Å². The van der Waals surface area contributed by atoms with Gasteiger partial charge in [-0.25, -0.2) is 0 Å². The minimum atomic E-state index is -0.354. The van der Waals surface area contributed by atoms with Gasteiger partial charge in [0.05, 0.1) is 29.7 Å². The number of halogens is 1. The summed E-state index contributed by atoms with van der Waals surface area (Å²) in [6, 6.07) is 7.69. The van der Waals surface area contributed by atoms with Crippen LogP contribution in [0.4, 0.5) is 0 Å². The molecule has 0 unspecified atom stereocenters. The fraction of sp³-hybridized carbons (Fsp3) is 0.333. The van der Waals surface area contributed by atoms with E-state index in [9.17, 15) is 10.1 Å². The van der Waals surface area contributed by atoms with Crippen LogP contribution in [0.15, 0.2) is 40.7 Å². The van der Waals surface area contributed by atoms with E-state index in [0.29, 0.717) is 28.3 Å². The number of dihydropyridines is 1. The molecule has 3 rings (SSSR count). The number of methoxy groups -OCH3 is 1. The topological polar surface area (TPSA) is 62.1 Å². The second-order valence-electron chi connectivity index (χ2n) is 5.77. The van der Waals surface area contributed by atoms with E-state index in [-0.39, 0.29) is 11.7 Å². The van der Waals surface area contributed by atoms with Crippen molar-refractivity contribution < 1.29 is 9.53 Å². The molecule has 1 heterocycles. The second-order valence-corrected chi connectivity index (χ2v) is 6.18. The van der Waals surface area contributed by atoms with Gasteiger partial charge in [0.25, 0.3) is 0 Å². The molecule has 118 valence electrons. The van der Waals surface area contributed by atoms with Crippen LogP contribution in [0.1, 0.15) is 37.7 Å². The van der Waals surface area contributed by atoms with Crippen LogP contribution in [0.5, 0.6) is 5.75 Å². The first-order valence-corrected chi connectivity index (χ1v) is 7.92. The van der Waals surface area contributed by atoms with Gasteiger partial charge in [0.1, 0.15) is 5.75 Å². The molecule has 1 aliphatic heterocycles. The van der Waals surface area contributed by atoms with Crippen LogP contribution in [0.2, 0.25) is 5.02 Å². The van der Waals surface area contributed by atoms with E-state index in [4.69, 9.17) is 16.3 Å². The van der Waals surface area contributed by atoms with Crippen molar-refractivity contribution in [1.29, 1.82) is 5.26 Å². The molecule has 1 aliphatic carbocycles. The molecule has 5 heteroatoms. The maximum Gasteiger partial charge on any atom is 0.161 e. The maximum absolute atomic E-state index is 12.5. The molecule has 0 fully saturated rings. The fourth-order valence-electron chi connectivity index (χ4n) is 3.33. The van der Waals surface area contributed by atoms with Crippen molar-refractivity contribution in [3.63, 3.8) is 0 Å². The average Bonchev–Trinajstić information content (AvgIpc) is 2.53. The number of allylic oxidation sites excluding steroid dienone is 4. The molecule has 1 aromatic carbocycles. The molecule has 1 N–H and O–H groups in total. The van der Waals surface area contributed by atoms with Gasteiger partial charge >= 0.3 is 0 Å². The van der Waals surface area contributed by atoms with Gasteiger partial charge < -0.3 is 10.1 Å². The van der Waals surface area contributed by atoms with Crippen LogP contribution >= 0.6 is 11.6 Å². The Morgan fingerprint density at radius 1 is 1.39 bits per heavy atom. The maximum atomic E-state index is 12.5. The second kappa shape index (κ2) is 6.10. The van der Waals surface area contributed by atoms with E-state index in [2.05, 4.69) is 11.4 Å². The Morgan fingerprint density at radius 2 is 2.17 bits per heavy atom. The number of carbonyl (C=O) groups excluding carboxylic acids is 1. The van der Waals surface area contributed by atoms with E-state index in [1.807, 2.05) is 13.0 Å². The number of ketones is 1. The van der Waals surface area contributed by atoms with Crippen molar-refractivity contribution in [3.05, 3.63) is 51.3 Å². The Kier molecular flexibility index (Phi) is 4.14. The summed E-state index contributed by atoms with van der Waals surface area (Å²) in [6.07, 6.45) is 2.20. The minimum absolute atomic E-state index is 0.107. The van der Waals surface area contributed by atoms with E-state index >= 15 is 0 Å². The average molecular weight is 329 g/mol. The molecular formula is C18H17ClN2O2. The molecule has 0 aromatic heterocycles. The summed E-state index contributed by atoms with van der Waals surface area (Å²) in [5, 5.41) is 13.3. The van der Waals surface area contributed by atoms with Crippen LogP contribution in [0, 0.1) is 11.3 Å². The summed E-state index contributed by atoms with van der Waals surface area (Å²) < 4.78 is 5.19. The normalized spacial score (nSPS) is 20.8. The lowest BCUT2D eigenvalue weighted by Crippen LogP contribution is -2.31. The fourth-order valence-corrected chi connectivity index (χ4v) is 3.59. The van der Waals surface area contributed by atoms with Crippen LogP contribution in [0.25, 0.3) is 0 Å². The van der Waals surface area contributed by atoms with Crippen LogP contribution in [0.3, 0.4) is 0 Å². The van der Waals surface area contributed by atoms with E-state index in [0.717, 1.165) is 29.8 Å². The van der Waals surface area contributed by atoms with Gasteiger partial charge in [0.2, 0.25) is 0 Å². The van der Waals surface area contributed by atoms with Gasteiger partial charge in [-0.1, -0.05) is 17.7 Å². The standard InChI is InChI=1S/C18H17ClN2O2/c1-10-12(9-20)17(11-6-7-16(23-2)13(19)8-11)18-14(21-10)4-3-5-15(18)22/h6-8,17,21H,3-5H2,1-2H3/t17-/m1/s1. The first kappa shape index (κ1) is 15.6. The summed E-state index contributed by atoms with van der Waals surface area (Å²) in [5.41, 5.74) is 3.86. The number of nitriles is 1. The van der Waals surface area contributed by atoms with Crippen molar-refractivity contribution in [2.45, 2.75) is 32.1 Å². The largest absolute Gasteiger partial charge is 0.495 e. The first-order chi connectivity index (χ1) is 11.1. The highest BCUT2D eigenvalue weighted by atomic mass is 35.5. The van der Waals surface area contributed by atoms with Gasteiger partial charge in [-0.3, -0.25) is 4.79 Å². The Hall–Kier alpha value is -2.25. The molecule has 23 heavy (non-hydrogen) atoms. The van der Waals surface area contributed by atoms with Crippen molar-refractivity contribution in [3.8, 4) is 11.8 Å². The molecule has 0 saturated heterocycles. The zero-order valence-corrected chi connectivity index (χ0v) is 13.8. The zero-order chi connectivity index (χ0) is 16.6. The Morgan fingerprint density at radius 3 is 2.83 bits per heavy atom. The molecule has 0 spiro atoms. The van der Waals surface area contributed by atoms with Crippen molar-refractivity contribution in [2.24, 2.45) is 0 Å². The van der Waals surface area contributed by atoms with Crippen molar-refractivity contribution >= 4 is 17.4 Å². The summed E-state index contributed by atoms with van der Waals surface area (Å²) in [7, 11) is 1.56. The van der Waals surface area contributed by atoms with Crippen LogP contribution < -0.4 is 10.1 Å². The number of hydrogen-bond acceptors (Lipinski definition) is 4. The summed E-state index contributed by atoms with van der Waals surface area (Å²) in [4.78, 5) is 12.5. The Balaban J connectivity index is 2.17. The van der Waals surface area contributed by atoms with Crippen LogP contribution in [-0.2, 0) is 4.79 Å². The van der Waals surface area contributed by atoms with E-state index in [1.54, 1.807) is 19.2 Å². The predicted octanol–water partition coefficient (Wildman–Crippen LogP) is 3.84. The summed E-state index contributed by atoms with van der Waals surface area (Å²) >= 11 is 6.25. The SMILES string of the molecule is COc1ccc([C@@H]2C(C#N)=C(C)NC3=C2C(=O)CCC3)cc1Cl. The number of Topliss-reactive ketones (excluding diaryl/α,β-unsaturated/α-hetero) is 1. The highest BCUT2D eigenvalue weighted by Crippen LogP contribution is 2.43. The number of benzene rings is 1. The highest BCUT2D eigenvalue weighted by Gasteiger charge is 2.35. The molecule has 1 atom stereocenters. The highest BCUT2D eigenvalue weighted by molar-refractivity contribution is 6.32. The molecule has 2 aliphatic rings. The number of nitrogens with zero attached hydrogens (tertiary/aromatic N) is 1. The summed E-state index contributed by atoms with van der Waals surface area (Å²) in [6.45, 7) is 1.87.